The quantitative estimate of drug-likeness (QED) is 0.934. The highest BCUT2D eigenvalue weighted by molar-refractivity contribution is 7.91. The predicted molar refractivity (Wildman–Crippen MR) is 81.9 cm³/mol. The smallest absolute Gasteiger partial charge is 0.186 e. The van der Waals surface area contributed by atoms with Crippen molar-refractivity contribution >= 4 is 33.0 Å². The number of sulfone groups is 1. The van der Waals surface area contributed by atoms with E-state index in [1.54, 1.807) is 36.4 Å². The molecule has 3 nitrogen and oxygen atoms in total. The van der Waals surface area contributed by atoms with Gasteiger partial charge in [0.05, 0.1) is 4.90 Å². The molecular formula is C14H13Cl2NO2S. The van der Waals surface area contributed by atoms with E-state index in [-0.39, 0.29) is 11.4 Å². The first-order chi connectivity index (χ1) is 9.45. The molecule has 0 aliphatic rings. The first kappa shape index (κ1) is 15.3. The molecule has 0 radical (unpaired) electrons. The second kappa shape index (κ2) is 6.14. The van der Waals surface area contributed by atoms with E-state index in [1.807, 2.05) is 0 Å². The van der Waals surface area contributed by atoms with Gasteiger partial charge in [-0.2, -0.15) is 0 Å². The molecule has 106 valence electrons. The highest BCUT2D eigenvalue weighted by Crippen LogP contribution is 2.30. The number of halogens is 2. The lowest BCUT2D eigenvalue weighted by atomic mass is 10.1. The Labute approximate surface area is 128 Å². The predicted octanol–water partition coefficient (Wildman–Crippen LogP) is 3.47. The van der Waals surface area contributed by atoms with Crippen molar-refractivity contribution in [3.05, 3.63) is 64.1 Å². The van der Waals surface area contributed by atoms with Crippen molar-refractivity contribution in [3.8, 4) is 0 Å². The Kier molecular flexibility index (Phi) is 4.70. The zero-order valence-corrected chi connectivity index (χ0v) is 12.8. The van der Waals surface area contributed by atoms with Crippen molar-refractivity contribution in [2.45, 2.75) is 10.1 Å². The Morgan fingerprint density at radius 2 is 1.65 bits per heavy atom. The van der Waals surface area contributed by atoms with Gasteiger partial charge in [0.25, 0.3) is 0 Å². The van der Waals surface area contributed by atoms with Crippen LogP contribution < -0.4 is 5.73 Å². The highest BCUT2D eigenvalue weighted by Gasteiger charge is 2.28. The van der Waals surface area contributed by atoms with Crippen LogP contribution in [0.15, 0.2) is 53.4 Å². The fraction of sp³-hybridized carbons (Fsp3) is 0.143. The van der Waals surface area contributed by atoms with Crippen molar-refractivity contribution < 1.29 is 8.42 Å². The van der Waals surface area contributed by atoms with Crippen molar-refractivity contribution in [2.75, 3.05) is 6.54 Å². The van der Waals surface area contributed by atoms with Crippen molar-refractivity contribution in [2.24, 2.45) is 5.73 Å². The zero-order valence-electron chi connectivity index (χ0n) is 10.5. The van der Waals surface area contributed by atoms with Crippen LogP contribution in [0.4, 0.5) is 0 Å². The van der Waals surface area contributed by atoms with Crippen LogP contribution in [0, 0.1) is 0 Å². The maximum absolute atomic E-state index is 12.6. The van der Waals surface area contributed by atoms with Gasteiger partial charge in [-0.05, 0) is 42.0 Å². The lowest BCUT2D eigenvalue weighted by Gasteiger charge is -2.16. The molecule has 2 aromatic carbocycles. The van der Waals surface area contributed by atoms with Crippen LogP contribution >= 0.6 is 23.2 Å². The third-order valence-corrected chi connectivity index (χ3v) is 5.58. The van der Waals surface area contributed by atoms with Gasteiger partial charge in [0.1, 0.15) is 5.25 Å². The van der Waals surface area contributed by atoms with Gasteiger partial charge in [-0.15, -0.1) is 0 Å². The van der Waals surface area contributed by atoms with Gasteiger partial charge in [0.15, 0.2) is 9.84 Å². The molecule has 20 heavy (non-hydrogen) atoms. The molecule has 6 heteroatoms. The molecule has 0 saturated heterocycles. The van der Waals surface area contributed by atoms with Crippen LogP contribution in [0.2, 0.25) is 10.0 Å². The summed E-state index contributed by atoms with van der Waals surface area (Å²) in [6, 6.07) is 12.8. The third-order valence-electron chi connectivity index (χ3n) is 2.95. The number of benzene rings is 2. The average Bonchev–Trinajstić information content (AvgIpc) is 2.40. The van der Waals surface area contributed by atoms with E-state index >= 15 is 0 Å². The third kappa shape index (κ3) is 3.15. The lowest BCUT2D eigenvalue weighted by molar-refractivity contribution is 0.582. The molecular weight excluding hydrogens is 317 g/mol. The molecule has 2 aromatic rings. The van der Waals surface area contributed by atoms with Gasteiger partial charge in [-0.1, -0.05) is 35.3 Å². The molecule has 2 rings (SSSR count). The molecule has 0 fully saturated rings. The Balaban J connectivity index is 2.47. The summed E-state index contributed by atoms with van der Waals surface area (Å²) < 4.78 is 25.2. The summed E-state index contributed by atoms with van der Waals surface area (Å²) in [4.78, 5) is 0.192. The molecule has 0 amide bonds. The Bertz CT molecular complexity index is 699. The first-order valence-electron chi connectivity index (χ1n) is 5.90. The molecule has 0 spiro atoms. The molecule has 2 N–H and O–H groups in total. The summed E-state index contributed by atoms with van der Waals surface area (Å²) in [6.07, 6.45) is 0. The van der Waals surface area contributed by atoms with E-state index in [1.165, 1.54) is 12.1 Å². The molecule has 1 atom stereocenters. The molecule has 0 aliphatic carbocycles. The second-order valence-corrected chi connectivity index (χ2v) is 7.28. The summed E-state index contributed by atoms with van der Waals surface area (Å²) in [5.41, 5.74) is 6.24. The second-order valence-electron chi connectivity index (χ2n) is 4.28. The average molecular weight is 330 g/mol. The maximum atomic E-state index is 12.6. The summed E-state index contributed by atoms with van der Waals surface area (Å²) in [5.74, 6) is 0. The number of nitrogens with two attached hydrogens (primary N) is 1. The van der Waals surface area contributed by atoms with Gasteiger partial charge in [0.2, 0.25) is 0 Å². The van der Waals surface area contributed by atoms with Crippen molar-refractivity contribution in [1.82, 2.24) is 0 Å². The summed E-state index contributed by atoms with van der Waals surface area (Å²) in [6.45, 7) is -0.0225. The standard InChI is InChI=1S/C14H13Cl2NO2S/c15-11-4-6-13(7-5-11)20(18,19)14(9-17)10-2-1-3-12(16)8-10/h1-8,14H,9,17H2/t14-/m1/s1. The number of hydrogen-bond donors (Lipinski definition) is 1. The summed E-state index contributed by atoms with van der Waals surface area (Å²) in [5, 5.41) is 0.130. The van der Waals surface area contributed by atoms with Crippen LogP contribution in [-0.4, -0.2) is 15.0 Å². The Morgan fingerprint density at radius 1 is 1.00 bits per heavy atom. The lowest BCUT2D eigenvalue weighted by Crippen LogP contribution is -2.22. The van der Waals surface area contributed by atoms with Crippen LogP contribution in [0.3, 0.4) is 0 Å². The topological polar surface area (TPSA) is 60.2 Å². The fourth-order valence-corrected chi connectivity index (χ4v) is 3.86. The van der Waals surface area contributed by atoms with Crippen molar-refractivity contribution in [3.63, 3.8) is 0 Å². The van der Waals surface area contributed by atoms with Gasteiger partial charge in [0, 0.05) is 16.6 Å². The van der Waals surface area contributed by atoms with E-state index in [0.29, 0.717) is 15.6 Å². The molecule has 0 bridgehead atoms. The molecule has 0 saturated carbocycles. The van der Waals surface area contributed by atoms with Crippen LogP contribution in [0.5, 0.6) is 0 Å². The van der Waals surface area contributed by atoms with E-state index in [9.17, 15) is 8.42 Å². The number of rotatable bonds is 4. The summed E-state index contributed by atoms with van der Waals surface area (Å²) >= 11 is 11.7. The molecule has 0 aliphatic heterocycles. The monoisotopic (exact) mass is 329 g/mol. The minimum absolute atomic E-state index is 0.0225. The Morgan fingerprint density at radius 3 is 2.20 bits per heavy atom. The van der Waals surface area contributed by atoms with E-state index < -0.39 is 15.1 Å². The van der Waals surface area contributed by atoms with Crippen LogP contribution in [-0.2, 0) is 9.84 Å². The van der Waals surface area contributed by atoms with Crippen LogP contribution in [0.25, 0.3) is 0 Å². The Hall–Kier alpha value is -1.07. The normalized spacial score (nSPS) is 13.2. The van der Waals surface area contributed by atoms with Gasteiger partial charge >= 0.3 is 0 Å². The van der Waals surface area contributed by atoms with E-state index in [2.05, 4.69) is 0 Å². The first-order valence-corrected chi connectivity index (χ1v) is 8.20. The highest BCUT2D eigenvalue weighted by atomic mass is 35.5. The minimum atomic E-state index is -3.58. The van der Waals surface area contributed by atoms with Gasteiger partial charge in [-0.25, -0.2) is 8.42 Å². The van der Waals surface area contributed by atoms with Crippen molar-refractivity contribution in [1.29, 1.82) is 0 Å². The SMILES string of the molecule is NC[C@H](c1cccc(Cl)c1)S(=O)(=O)c1ccc(Cl)cc1. The van der Waals surface area contributed by atoms with E-state index in [0.717, 1.165) is 0 Å². The fourth-order valence-electron chi connectivity index (χ4n) is 1.94. The largest absolute Gasteiger partial charge is 0.329 e. The van der Waals surface area contributed by atoms with E-state index in [4.69, 9.17) is 28.9 Å². The summed E-state index contributed by atoms with van der Waals surface area (Å²) in [7, 11) is -3.58. The maximum Gasteiger partial charge on any atom is 0.186 e. The minimum Gasteiger partial charge on any atom is -0.329 e. The molecule has 0 aromatic heterocycles. The number of hydrogen-bond acceptors (Lipinski definition) is 3. The van der Waals surface area contributed by atoms with Gasteiger partial charge < -0.3 is 5.73 Å². The van der Waals surface area contributed by atoms with Gasteiger partial charge in [-0.3, -0.25) is 0 Å². The molecule has 0 heterocycles. The molecule has 0 unspecified atom stereocenters. The zero-order chi connectivity index (χ0) is 14.8. The van der Waals surface area contributed by atoms with Crippen LogP contribution in [0.1, 0.15) is 10.8 Å².